The van der Waals surface area contributed by atoms with Gasteiger partial charge in [0.1, 0.15) is 6.33 Å². The number of nitrogens with zero attached hydrogens (tertiary/aromatic N) is 4. The zero-order valence-corrected chi connectivity index (χ0v) is 14.8. The maximum absolute atomic E-state index is 13.1. The standard InChI is InChI=1S/C18H17ClN6O/c1-11-15(17(26)24-14-6-4-13(19)5-7-14)16(12-3-2-8-20-9-12)25-18(23-11)21-10-22-25/h2-11,15-16H,1H3,(H,24,26)(H,21,22,23)/t11-,15-,16-/m0/s1. The Labute approximate surface area is 155 Å². The first-order chi connectivity index (χ1) is 12.6. The molecule has 0 spiro atoms. The number of rotatable bonds is 3. The molecule has 3 heterocycles. The number of aromatic nitrogens is 4. The molecule has 4 rings (SSSR count). The van der Waals surface area contributed by atoms with E-state index in [0.717, 1.165) is 5.56 Å². The highest BCUT2D eigenvalue weighted by Crippen LogP contribution is 2.36. The topological polar surface area (TPSA) is 84.7 Å². The normalized spacial score (nSPS) is 21.5. The van der Waals surface area contributed by atoms with Gasteiger partial charge in [-0.2, -0.15) is 10.1 Å². The van der Waals surface area contributed by atoms with Crippen LogP contribution in [-0.2, 0) is 4.79 Å². The van der Waals surface area contributed by atoms with Gasteiger partial charge >= 0.3 is 0 Å². The summed E-state index contributed by atoms with van der Waals surface area (Å²) in [6, 6.07) is 10.4. The summed E-state index contributed by atoms with van der Waals surface area (Å²) in [7, 11) is 0. The third kappa shape index (κ3) is 3.01. The number of hydrogen-bond donors (Lipinski definition) is 2. The molecule has 132 valence electrons. The van der Waals surface area contributed by atoms with Crippen LogP contribution in [0.1, 0.15) is 18.5 Å². The van der Waals surface area contributed by atoms with E-state index in [1.165, 1.54) is 6.33 Å². The number of nitrogens with one attached hydrogen (secondary N) is 2. The van der Waals surface area contributed by atoms with Crippen molar-refractivity contribution in [3.8, 4) is 0 Å². The number of anilines is 2. The SMILES string of the molecule is C[C@@H]1Nc2ncnn2[C@@H](c2cccnc2)[C@H]1C(=O)Nc1ccc(Cl)cc1. The van der Waals surface area contributed by atoms with Crippen LogP contribution in [0.2, 0.25) is 5.02 Å². The fourth-order valence-corrected chi connectivity index (χ4v) is 3.43. The van der Waals surface area contributed by atoms with Crippen molar-refractivity contribution in [3.63, 3.8) is 0 Å². The molecule has 1 amide bonds. The van der Waals surface area contributed by atoms with Gasteiger partial charge in [0.15, 0.2) is 0 Å². The van der Waals surface area contributed by atoms with Crippen molar-refractivity contribution < 1.29 is 4.79 Å². The molecule has 0 bridgehead atoms. The lowest BCUT2D eigenvalue weighted by atomic mass is 9.86. The van der Waals surface area contributed by atoms with Gasteiger partial charge < -0.3 is 10.6 Å². The molecule has 2 N–H and O–H groups in total. The zero-order valence-electron chi connectivity index (χ0n) is 14.0. The zero-order chi connectivity index (χ0) is 18.1. The third-order valence-corrected chi connectivity index (χ3v) is 4.76. The average Bonchev–Trinajstić information content (AvgIpc) is 3.11. The van der Waals surface area contributed by atoms with Crippen molar-refractivity contribution in [1.82, 2.24) is 19.7 Å². The van der Waals surface area contributed by atoms with Crippen LogP contribution in [0.4, 0.5) is 11.6 Å². The number of pyridine rings is 1. The second-order valence-electron chi connectivity index (χ2n) is 6.21. The average molecular weight is 369 g/mol. The molecule has 8 heteroatoms. The molecule has 3 atom stereocenters. The van der Waals surface area contributed by atoms with Crippen LogP contribution in [0.5, 0.6) is 0 Å². The van der Waals surface area contributed by atoms with Crippen molar-refractivity contribution >= 4 is 29.1 Å². The molecule has 0 fully saturated rings. The van der Waals surface area contributed by atoms with Gasteiger partial charge in [0, 0.05) is 29.1 Å². The Balaban J connectivity index is 1.70. The van der Waals surface area contributed by atoms with Crippen LogP contribution in [0, 0.1) is 5.92 Å². The third-order valence-electron chi connectivity index (χ3n) is 4.51. The van der Waals surface area contributed by atoms with Gasteiger partial charge in [-0.3, -0.25) is 9.78 Å². The summed E-state index contributed by atoms with van der Waals surface area (Å²) in [5, 5.41) is 11.2. The van der Waals surface area contributed by atoms with E-state index in [1.54, 1.807) is 41.3 Å². The lowest BCUT2D eigenvalue weighted by molar-refractivity contribution is -0.121. The number of fused-ring (bicyclic) bond motifs is 1. The minimum absolute atomic E-state index is 0.109. The molecule has 3 aromatic rings. The van der Waals surface area contributed by atoms with Crippen molar-refractivity contribution in [2.75, 3.05) is 10.6 Å². The summed E-state index contributed by atoms with van der Waals surface area (Å²) in [6.07, 6.45) is 4.95. The number of amides is 1. The van der Waals surface area contributed by atoms with Gasteiger partial charge in [-0.05, 0) is 42.8 Å². The molecule has 2 aromatic heterocycles. The fourth-order valence-electron chi connectivity index (χ4n) is 3.30. The molecule has 0 unspecified atom stereocenters. The van der Waals surface area contributed by atoms with Crippen LogP contribution in [0.25, 0.3) is 0 Å². The van der Waals surface area contributed by atoms with Gasteiger partial charge in [0.25, 0.3) is 0 Å². The van der Waals surface area contributed by atoms with E-state index in [1.807, 2.05) is 19.1 Å². The fraction of sp³-hybridized carbons (Fsp3) is 0.222. The second kappa shape index (κ2) is 6.76. The van der Waals surface area contributed by atoms with E-state index in [-0.39, 0.29) is 18.0 Å². The van der Waals surface area contributed by atoms with Crippen molar-refractivity contribution in [2.24, 2.45) is 5.92 Å². The highest BCUT2D eigenvalue weighted by Gasteiger charge is 2.41. The van der Waals surface area contributed by atoms with E-state index in [9.17, 15) is 4.79 Å². The van der Waals surface area contributed by atoms with E-state index in [0.29, 0.717) is 16.7 Å². The van der Waals surface area contributed by atoms with Crippen molar-refractivity contribution in [2.45, 2.75) is 19.0 Å². The van der Waals surface area contributed by atoms with Crippen LogP contribution in [-0.4, -0.2) is 31.7 Å². The predicted octanol–water partition coefficient (Wildman–Crippen LogP) is 2.98. The molecule has 26 heavy (non-hydrogen) atoms. The Kier molecular flexibility index (Phi) is 4.30. The molecule has 1 aliphatic heterocycles. The van der Waals surface area contributed by atoms with Gasteiger partial charge in [0.2, 0.25) is 11.9 Å². The molecule has 7 nitrogen and oxygen atoms in total. The van der Waals surface area contributed by atoms with Gasteiger partial charge in [-0.15, -0.1) is 0 Å². The number of carbonyl (C=O) groups is 1. The smallest absolute Gasteiger partial charge is 0.232 e. The Hall–Kier alpha value is -2.93. The molecule has 0 radical (unpaired) electrons. The van der Waals surface area contributed by atoms with Crippen molar-refractivity contribution in [1.29, 1.82) is 0 Å². The number of halogens is 1. The summed E-state index contributed by atoms with van der Waals surface area (Å²) < 4.78 is 1.74. The first-order valence-corrected chi connectivity index (χ1v) is 8.63. The number of carbonyl (C=O) groups excluding carboxylic acids is 1. The minimum Gasteiger partial charge on any atom is -0.351 e. The first-order valence-electron chi connectivity index (χ1n) is 8.26. The first kappa shape index (κ1) is 16.5. The highest BCUT2D eigenvalue weighted by molar-refractivity contribution is 6.30. The Bertz CT molecular complexity index is 911. The van der Waals surface area contributed by atoms with E-state index in [4.69, 9.17) is 11.6 Å². The van der Waals surface area contributed by atoms with Crippen molar-refractivity contribution in [3.05, 3.63) is 65.7 Å². The van der Waals surface area contributed by atoms with Gasteiger partial charge in [-0.1, -0.05) is 17.7 Å². The lowest BCUT2D eigenvalue weighted by Gasteiger charge is -2.36. The molecular weight excluding hydrogens is 352 g/mol. The van der Waals surface area contributed by atoms with E-state index in [2.05, 4.69) is 25.7 Å². The number of hydrogen-bond acceptors (Lipinski definition) is 5. The highest BCUT2D eigenvalue weighted by atomic mass is 35.5. The van der Waals surface area contributed by atoms with Gasteiger partial charge in [-0.25, -0.2) is 4.68 Å². The summed E-state index contributed by atoms with van der Waals surface area (Å²) in [5.41, 5.74) is 1.60. The molecule has 0 saturated heterocycles. The summed E-state index contributed by atoms with van der Waals surface area (Å²) in [6.45, 7) is 1.97. The van der Waals surface area contributed by atoms with Gasteiger partial charge in [0.05, 0.1) is 12.0 Å². The maximum Gasteiger partial charge on any atom is 0.232 e. The lowest BCUT2D eigenvalue weighted by Crippen LogP contribution is -2.46. The summed E-state index contributed by atoms with van der Waals surface area (Å²) in [5.74, 6) is 0.133. The molecule has 0 aliphatic carbocycles. The Morgan fingerprint density at radius 1 is 1.27 bits per heavy atom. The second-order valence-corrected chi connectivity index (χ2v) is 6.65. The minimum atomic E-state index is -0.399. The van der Waals surface area contributed by atoms with Crippen LogP contribution in [0.15, 0.2) is 55.1 Å². The predicted molar refractivity (Wildman–Crippen MR) is 99.1 cm³/mol. The van der Waals surface area contributed by atoms with Crippen LogP contribution >= 0.6 is 11.6 Å². The molecule has 1 aliphatic rings. The monoisotopic (exact) mass is 368 g/mol. The quantitative estimate of drug-likeness (QED) is 0.742. The van der Waals surface area contributed by atoms with E-state index >= 15 is 0 Å². The summed E-state index contributed by atoms with van der Waals surface area (Å²) in [4.78, 5) is 21.6. The molecular formula is C18H17ClN6O. The summed E-state index contributed by atoms with van der Waals surface area (Å²) >= 11 is 5.92. The largest absolute Gasteiger partial charge is 0.351 e. The Morgan fingerprint density at radius 2 is 2.08 bits per heavy atom. The number of benzene rings is 1. The van der Waals surface area contributed by atoms with Crippen LogP contribution in [0.3, 0.4) is 0 Å². The van der Waals surface area contributed by atoms with E-state index < -0.39 is 5.92 Å². The molecule has 1 aromatic carbocycles. The van der Waals surface area contributed by atoms with Crippen LogP contribution < -0.4 is 10.6 Å². The molecule has 0 saturated carbocycles. The maximum atomic E-state index is 13.1. The Morgan fingerprint density at radius 3 is 2.81 bits per heavy atom.